The highest BCUT2D eigenvalue weighted by Gasteiger charge is 2.38. The van der Waals surface area contributed by atoms with Gasteiger partial charge in [-0.2, -0.15) is 0 Å². The number of nitrogens with one attached hydrogen (secondary N) is 1. The van der Waals surface area contributed by atoms with Crippen molar-refractivity contribution in [3.05, 3.63) is 83.4 Å². The van der Waals surface area contributed by atoms with Crippen LogP contribution in [0.15, 0.2) is 72.1 Å². The van der Waals surface area contributed by atoms with E-state index < -0.39 is 0 Å². The molecule has 1 saturated heterocycles. The first-order valence-corrected chi connectivity index (χ1v) is 12.3. The molecule has 0 bridgehead atoms. The van der Waals surface area contributed by atoms with E-state index in [0.29, 0.717) is 48.6 Å². The third kappa shape index (κ3) is 5.03. The molecule has 10 heteroatoms. The van der Waals surface area contributed by atoms with Gasteiger partial charge >= 0.3 is 0 Å². The Balaban J connectivity index is 1.17. The quantitative estimate of drug-likeness (QED) is 0.352. The number of fused-ring (bicyclic) bond motifs is 2. The van der Waals surface area contributed by atoms with E-state index in [1.807, 2.05) is 48.5 Å². The number of carbonyl (C=O) groups is 1. The van der Waals surface area contributed by atoms with E-state index in [1.165, 1.54) is 6.33 Å². The number of hydrogen-bond acceptors (Lipinski definition) is 8. The summed E-state index contributed by atoms with van der Waals surface area (Å²) >= 11 is 6.49. The van der Waals surface area contributed by atoms with Crippen LogP contribution < -0.4 is 10.1 Å². The summed E-state index contributed by atoms with van der Waals surface area (Å²) in [6.45, 7) is 1.52. The van der Waals surface area contributed by atoms with Gasteiger partial charge < -0.3 is 19.7 Å². The van der Waals surface area contributed by atoms with Gasteiger partial charge in [0.15, 0.2) is 5.90 Å². The maximum absolute atomic E-state index is 11.0. The predicted octanol–water partition coefficient (Wildman–Crippen LogP) is 4.18. The Bertz CT molecular complexity index is 1480. The molecule has 1 amide bonds. The van der Waals surface area contributed by atoms with Crippen LogP contribution in [0.2, 0.25) is 5.02 Å². The number of aliphatic imine (C=N–C) groups is 1. The molecule has 37 heavy (non-hydrogen) atoms. The van der Waals surface area contributed by atoms with E-state index in [0.717, 1.165) is 34.3 Å². The number of amides is 1. The molecule has 2 aliphatic rings. The first-order valence-electron chi connectivity index (χ1n) is 11.9. The molecule has 1 N–H and O–H groups in total. The number of benzene rings is 2. The maximum atomic E-state index is 11.0. The van der Waals surface area contributed by atoms with Crippen molar-refractivity contribution >= 4 is 46.3 Å². The monoisotopic (exact) mass is 514 g/mol. The van der Waals surface area contributed by atoms with Crippen LogP contribution in [-0.4, -0.2) is 57.4 Å². The fourth-order valence-electron chi connectivity index (χ4n) is 4.54. The maximum Gasteiger partial charge on any atom is 0.209 e. The summed E-state index contributed by atoms with van der Waals surface area (Å²) < 4.78 is 11.8. The summed E-state index contributed by atoms with van der Waals surface area (Å²) in [6, 6.07) is 17.2. The van der Waals surface area contributed by atoms with Gasteiger partial charge in [-0.1, -0.05) is 23.7 Å². The summed E-state index contributed by atoms with van der Waals surface area (Å²) in [5, 5.41) is 4.70. The lowest BCUT2D eigenvalue weighted by molar-refractivity contribution is -0.117. The van der Waals surface area contributed by atoms with E-state index in [1.54, 1.807) is 17.2 Å². The van der Waals surface area contributed by atoms with Crippen molar-refractivity contribution in [3.8, 4) is 5.75 Å². The molecule has 1 fully saturated rings. The molecule has 2 atom stereocenters. The topological polar surface area (TPSA) is 102 Å². The van der Waals surface area contributed by atoms with Gasteiger partial charge in [-0.05, 0) is 48.0 Å². The molecule has 4 aromatic rings. The first-order chi connectivity index (χ1) is 18.1. The number of hydrogen-bond donors (Lipinski definition) is 1. The van der Waals surface area contributed by atoms with E-state index in [9.17, 15) is 4.79 Å². The zero-order valence-corrected chi connectivity index (χ0v) is 20.5. The second-order valence-corrected chi connectivity index (χ2v) is 9.34. The van der Waals surface area contributed by atoms with Crippen molar-refractivity contribution in [1.82, 2.24) is 19.9 Å². The van der Waals surface area contributed by atoms with Crippen LogP contribution in [0.25, 0.3) is 10.9 Å². The highest BCUT2D eigenvalue weighted by atomic mass is 35.5. The normalized spacial score (nSPS) is 18.3. The van der Waals surface area contributed by atoms with Crippen molar-refractivity contribution in [2.45, 2.75) is 25.2 Å². The molecule has 2 aliphatic heterocycles. The van der Waals surface area contributed by atoms with Gasteiger partial charge in [0.1, 0.15) is 36.6 Å². The van der Waals surface area contributed by atoms with Gasteiger partial charge in [0, 0.05) is 30.2 Å². The number of halogens is 1. The molecule has 0 aliphatic carbocycles. The number of pyridine rings is 1. The fraction of sp³-hybridized carbons (Fsp3) is 0.222. The molecule has 0 spiro atoms. The van der Waals surface area contributed by atoms with E-state index in [-0.39, 0.29) is 12.1 Å². The second kappa shape index (κ2) is 10.0. The Morgan fingerprint density at radius 2 is 2.05 bits per heavy atom. The molecular weight excluding hydrogens is 492 g/mol. The number of carbonyl (C=O) groups excluding carboxylic acids is 1. The number of aromatic nitrogens is 3. The van der Waals surface area contributed by atoms with Crippen molar-refractivity contribution in [2.75, 3.05) is 18.4 Å². The zero-order valence-electron chi connectivity index (χ0n) is 19.8. The van der Waals surface area contributed by atoms with Gasteiger partial charge in [-0.25, -0.2) is 15.0 Å². The van der Waals surface area contributed by atoms with Gasteiger partial charge in [-0.3, -0.25) is 9.78 Å². The molecule has 2 aromatic heterocycles. The third-order valence-corrected chi connectivity index (χ3v) is 6.66. The zero-order chi connectivity index (χ0) is 25.2. The first kappa shape index (κ1) is 23.2. The van der Waals surface area contributed by atoms with Gasteiger partial charge in [0.2, 0.25) is 6.41 Å². The fourth-order valence-corrected chi connectivity index (χ4v) is 4.78. The summed E-state index contributed by atoms with van der Waals surface area (Å²) in [7, 11) is 0. The van der Waals surface area contributed by atoms with Crippen molar-refractivity contribution in [2.24, 2.45) is 4.99 Å². The molecule has 4 heterocycles. The average molecular weight is 515 g/mol. The second-order valence-electron chi connectivity index (χ2n) is 8.94. The van der Waals surface area contributed by atoms with Crippen molar-refractivity contribution in [3.63, 3.8) is 0 Å². The summed E-state index contributed by atoms with van der Waals surface area (Å²) in [4.78, 5) is 30.5. The van der Waals surface area contributed by atoms with Gasteiger partial charge in [-0.15, -0.1) is 0 Å². The minimum Gasteiger partial charge on any atom is -0.486 e. The Morgan fingerprint density at radius 1 is 1.11 bits per heavy atom. The number of anilines is 2. The SMILES string of the molecule is O=CN1CC2N=C(Cc3ccc4ncnc(Nc5ccc(OCc6ccccn6)c(Cl)c5)c4c3)OC2C1. The smallest absolute Gasteiger partial charge is 0.209 e. The summed E-state index contributed by atoms with van der Waals surface area (Å²) in [5.41, 5.74) is 3.45. The van der Waals surface area contributed by atoms with Crippen LogP contribution in [0.4, 0.5) is 11.5 Å². The lowest BCUT2D eigenvalue weighted by Crippen LogP contribution is -2.23. The summed E-state index contributed by atoms with van der Waals surface area (Å²) in [6.07, 6.45) is 4.62. The molecule has 6 rings (SSSR count). The average Bonchev–Trinajstić information content (AvgIpc) is 3.47. The van der Waals surface area contributed by atoms with Crippen LogP contribution in [0.3, 0.4) is 0 Å². The largest absolute Gasteiger partial charge is 0.486 e. The third-order valence-electron chi connectivity index (χ3n) is 6.36. The van der Waals surface area contributed by atoms with Gasteiger partial charge in [0.25, 0.3) is 0 Å². The molecule has 2 aromatic carbocycles. The number of ether oxygens (including phenoxy) is 2. The molecular formula is C27H23ClN6O3. The van der Waals surface area contributed by atoms with Crippen molar-refractivity contribution < 1.29 is 14.3 Å². The highest BCUT2D eigenvalue weighted by molar-refractivity contribution is 6.32. The van der Waals surface area contributed by atoms with Crippen LogP contribution in [0.1, 0.15) is 11.3 Å². The molecule has 2 unspecified atom stereocenters. The minimum atomic E-state index is -0.0538. The lowest BCUT2D eigenvalue weighted by atomic mass is 10.1. The molecule has 186 valence electrons. The number of nitrogens with zero attached hydrogens (tertiary/aromatic N) is 5. The van der Waals surface area contributed by atoms with E-state index >= 15 is 0 Å². The van der Waals surface area contributed by atoms with Gasteiger partial charge in [0.05, 0.1) is 22.8 Å². The van der Waals surface area contributed by atoms with Crippen LogP contribution in [0.5, 0.6) is 5.75 Å². The van der Waals surface area contributed by atoms with E-state index in [4.69, 9.17) is 21.1 Å². The van der Waals surface area contributed by atoms with Crippen LogP contribution in [-0.2, 0) is 22.6 Å². The Labute approximate surface area is 218 Å². The minimum absolute atomic E-state index is 0.0156. The van der Waals surface area contributed by atoms with E-state index in [2.05, 4.69) is 25.3 Å². The van der Waals surface area contributed by atoms with Crippen LogP contribution in [0, 0.1) is 0 Å². The lowest BCUT2D eigenvalue weighted by Gasteiger charge is -2.13. The number of rotatable bonds is 8. The molecule has 9 nitrogen and oxygen atoms in total. The molecule has 0 saturated carbocycles. The van der Waals surface area contributed by atoms with Crippen molar-refractivity contribution in [1.29, 1.82) is 0 Å². The Kier molecular flexibility index (Phi) is 6.28. The predicted molar refractivity (Wildman–Crippen MR) is 140 cm³/mol. The summed E-state index contributed by atoms with van der Waals surface area (Å²) in [5.74, 6) is 1.93. The highest BCUT2D eigenvalue weighted by Crippen LogP contribution is 2.31. The Morgan fingerprint density at radius 3 is 2.86 bits per heavy atom. The number of likely N-dealkylation sites (tertiary alicyclic amines) is 1. The van der Waals surface area contributed by atoms with Crippen LogP contribution >= 0.6 is 11.6 Å². The molecule has 0 radical (unpaired) electrons. The standard InChI is InChI=1S/C27H23ClN6O3/c28-21-11-18(5-7-24(21)36-14-19-3-1-2-8-29-19)32-27-20-9-17(4-6-22(20)30-15-31-27)10-26-33-23-12-34(16-35)13-25(23)37-26/h1-9,11,15-16,23,25H,10,12-14H2,(H,30,31,32). The Hall–Kier alpha value is -4.24.